The molecule has 0 aromatic carbocycles. The second-order valence-electron chi connectivity index (χ2n) is 9.58. The van der Waals surface area contributed by atoms with Crippen molar-refractivity contribution in [2.24, 2.45) is 0 Å². The highest BCUT2D eigenvalue weighted by molar-refractivity contribution is 5.07. The number of ether oxygens (including phenoxy) is 1. The molecule has 1 rings (SSSR count). The molecular weight excluding hydrogens is 364 g/mol. The topological polar surface area (TPSA) is 73.2 Å². The average Bonchev–Trinajstić information content (AvgIpc) is 3.29. The van der Waals surface area contributed by atoms with Crippen LogP contribution in [0.4, 0.5) is 0 Å². The molecule has 1 fully saturated rings. The minimum Gasteiger partial charge on any atom is -0.394 e. The van der Waals surface area contributed by atoms with Crippen LogP contribution in [-0.2, 0) is 4.74 Å². The Hall–Kier alpha value is -0.940. The van der Waals surface area contributed by atoms with Crippen LogP contribution < -0.4 is 0 Å². The summed E-state index contributed by atoms with van der Waals surface area (Å²) < 4.78 is 5.53. The van der Waals surface area contributed by atoms with E-state index < -0.39 is 11.7 Å². The molecule has 3 N–H and O–H groups in total. The summed E-state index contributed by atoms with van der Waals surface area (Å²) in [7, 11) is 0. The van der Waals surface area contributed by atoms with Gasteiger partial charge in [0.2, 0.25) is 0 Å². The highest BCUT2D eigenvalue weighted by atomic mass is 16.6. The first-order chi connectivity index (χ1) is 13.5. The van der Waals surface area contributed by atoms with Crippen LogP contribution in [0, 0.1) is 0 Å². The lowest BCUT2D eigenvalue weighted by Gasteiger charge is -2.24. The van der Waals surface area contributed by atoms with Gasteiger partial charge in [-0.2, -0.15) is 0 Å². The molecule has 0 aromatic heterocycles. The second-order valence-corrected chi connectivity index (χ2v) is 9.58. The average molecular weight is 409 g/mol. The summed E-state index contributed by atoms with van der Waals surface area (Å²) in [5.41, 5.74) is 2.97. The lowest BCUT2D eigenvalue weighted by molar-refractivity contribution is -0.0509. The Morgan fingerprint density at radius 3 is 1.90 bits per heavy atom. The highest BCUT2D eigenvalue weighted by Crippen LogP contribution is 2.40. The van der Waals surface area contributed by atoms with Gasteiger partial charge >= 0.3 is 0 Å². The van der Waals surface area contributed by atoms with Crippen molar-refractivity contribution in [2.75, 3.05) is 6.61 Å². The van der Waals surface area contributed by atoms with Crippen molar-refractivity contribution in [2.45, 2.75) is 116 Å². The maximum Gasteiger partial charge on any atom is 0.110 e. The molecule has 0 aliphatic carbocycles. The number of aliphatic hydroxyl groups excluding tert-OH is 2. The minimum atomic E-state index is -1.03. The molecule has 0 bridgehead atoms. The normalized spacial score (nSPS) is 24.7. The zero-order valence-corrected chi connectivity index (χ0v) is 19.5. The van der Waals surface area contributed by atoms with E-state index in [0.29, 0.717) is 6.42 Å². The van der Waals surface area contributed by atoms with Crippen LogP contribution in [0.15, 0.2) is 34.9 Å². The van der Waals surface area contributed by atoms with E-state index in [1.54, 1.807) is 13.8 Å². The predicted octanol–water partition coefficient (Wildman–Crippen LogP) is 5.23. The van der Waals surface area contributed by atoms with Gasteiger partial charge in [-0.05, 0) is 92.9 Å². The van der Waals surface area contributed by atoms with Gasteiger partial charge in [0.15, 0.2) is 0 Å². The van der Waals surface area contributed by atoms with Gasteiger partial charge in [-0.25, -0.2) is 0 Å². The van der Waals surface area contributed by atoms with E-state index in [4.69, 9.17) is 9.84 Å². The Morgan fingerprint density at radius 1 is 0.966 bits per heavy atom. The molecule has 168 valence electrons. The van der Waals surface area contributed by atoms with Crippen LogP contribution in [0.2, 0.25) is 0 Å². The summed E-state index contributed by atoms with van der Waals surface area (Å²) in [4.78, 5) is 0. The van der Waals surface area contributed by atoms with Gasteiger partial charge in [0, 0.05) is 0 Å². The van der Waals surface area contributed by atoms with E-state index in [1.165, 1.54) is 16.7 Å². The molecule has 1 saturated heterocycles. The first kappa shape index (κ1) is 26.1. The summed E-state index contributed by atoms with van der Waals surface area (Å²) in [5.74, 6) is 0. The maximum atomic E-state index is 9.90. The first-order valence-electron chi connectivity index (χ1n) is 11.1. The molecule has 4 nitrogen and oxygen atoms in total. The van der Waals surface area contributed by atoms with E-state index in [9.17, 15) is 10.2 Å². The molecule has 4 heteroatoms. The molecule has 0 spiro atoms. The molecule has 3 atom stereocenters. The smallest absolute Gasteiger partial charge is 0.110 e. The third-order valence-electron chi connectivity index (χ3n) is 6.03. The van der Waals surface area contributed by atoms with Crippen molar-refractivity contribution in [3.63, 3.8) is 0 Å². The van der Waals surface area contributed by atoms with Gasteiger partial charge in [-0.15, -0.1) is 0 Å². The Bertz CT molecular complexity index is 582. The van der Waals surface area contributed by atoms with Crippen LogP contribution in [0.3, 0.4) is 0 Å². The number of epoxide rings is 1. The predicted molar refractivity (Wildman–Crippen MR) is 121 cm³/mol. The number of allylic oxidation sites excluding steroid dienone is 6. The van der Waals surface area contributed by atoms with Crippen LogP contribution in [0.1, 0.15) is 92.9 Å². The van der Waals surface area contributed by atoms with Crippen molar-refractivity contribution < 1.29 is 20.1 Å². The molecule has 0 aromatic rings. The third kappa shape index (κ3) is 10.6. The van der Waals surface area contributed by atoms with Gasteiger partial charge in [0.1, 0.15) is 6.10 Å². The summed E-state index contributed by atoms with van der Waals surface area (Å²) in [6, 6.07) is 0. The van der Waals surface area contributed by atoms with Crippen molar-refractivity contribution in [3.8, 4) is 0 Å². The quantitative estimate of drug-likeness (QED) is 0.272. The molecule has 0 amide bonds. The van der Waals surface area contributed by atoms with Crippen molar-refractivity contribution >= 4 is 0 Å². The molecular formula is C25H44O4. The van der Waals surface area contributed by atoms with Crippen LogP contribution >= 0.6 is 0 Å². The van der Waals surface area contributed by atoms with Crippen molar-refractivity contribution in [3.05, 3.63) is 34.9 Å². The number of hydrogen-bond acceptors (Lipinski definition) is 4. The van der Waals surface area contributed by atoms with E-state index in [0.717, 1.165) is 44.9 Å². The van der Waals surface area contributed by atoms with E-state index >= 15 is 0 Å². The largest absolute Gasteiger partial charge is 0.394 e. The van der Waals surface area contributed by atoms with Crippen LogP contribution in [0.5, 0.6) is 0 Å². The molecule has 0 radical (unpaired) electrons. The molecule has 1 aliphatic rings. The zero-order valence-electron chi connectivity index (χ0n) is 19.5. The van der Waals surface area contributed by atoms with Gasteiger partial charge in [0.05, 0.1) is 23.9 Å². The SMILES string of the molecule is C/C(=C\CC/C(C)=C/CC[C@@]1(C)O[C@@H]1CO)CC/C=C(\C)CC[C@@H](O)C(C)(C)O. The fraction of sp³-hybridized carbons (Fsp3) is 0.760. The van der Waals surface area contributed by atoms with Crippen LogP contribution in [-0.4, -0.2) is 45.3 Å². The monoisotopic (exact) mass is 408 g/mol. The number of aliphatic hydroxyl groups is 3. The Kier molecular flexibility index (Phi) is 10.8. The second kappa shape index (κ2) is 12.0. The lowest BCUT2D eigenvalue weighted by atomic mass is 9.95. The van der Waals surface area contributed by atoms with Gasteiger partial charge < -0.3 is 20.1 Å². The summed E-state index contributed by atoms with van der Waals surface area (Å²) in [6.45, 7) is 12.0. The van der Waals surface area contributed by atoms with Gasteiger partial charge in [0.25, 0.3) is 0 Å². The lowest BCUT2D eigenvalue weighted by Crippen LogP contribution is -2.35. The fourth-order valence-electron chi connectivity index (χ4n) is 3.46. The van der Waals surface area contributed by atoms with E-state index in [1.807, 2.05) is 0 Å². The van der Waals surface area contributed by atoms with Crippen molar-refractivity contribution in [1.82, 2.24) is 0 Å². The Balaban J connectivity index is 2.20. The maximum absolute atomic E-state index is 9.90. The first-order valence-corrected chi connectivity index (χ1v) is 11.1. The van der Waals surface area contributed by atoms with E-state index in [-0.39, 0.29) is 18.3 Å². The molecule has 29 heavy (non-hydrogen) atoms. The van der Waals surface area contributed by atoms with Crippen LogP contribution in [0.25, 0.3) is 0 Å². The zero-order chi connectivity index (χ0) is 22.1. The molecule has 0 saturated carbocycles. The van der Waals surface area contributed by atoms with Crippen molar-refractivity contribution in [1.29, 1.82) is 0 Å². The van der Waals surface area contributed by atoms with Gasteiger partial charge in [-0.3, -0.25) is 0 Å². The molecule has 0 unspecified atom stereocenters. The van der Waals surface area contributed by atoms with Gasteiger partial charge in [-0.1, -0.05) is 34.9 Å². The molecule has 1 heterocycles. The number of rotatable bonds is 14. The Morgan fingerprint density at radius 2 is 1.45 bits per heavy atom. The highest BCUT2D eigenvalue weighted by Gasteiger charge is 2.50. The Labute approximate surface area is 178 Å². The standard InChI is InChI=1S/C25H44O4/c1-19(11-8-13-21(3)15-16-22(27)24(4,5)28)10-7-12-20(2)14-9-17-25(6)23(18-26)29-25/h10,13-14,22-23,26-28H,7-9,11-12,15-18H2,1-6H3/b19-10+,20-14+,21-13+/t22-,23-,25-/m1/s1. The minimum absolute atomic E-state index is 0.0334. The molecule has 1 aliphatic heterocycles. The third-order valence-corrected chi connectivity index (χ3v) is 6.03. The summed E-state index contributed by atoms with van der Waals surface area (Å²) in [6.07, 6.45) is 13.9. The number of hydrogen-bond donors (Lipinski definition) is 3. The summed E-state index contributed by atoms with van der Waals surface area (Å²) >= 11 is 0. The van der Waals surface area contributed by atoms with E-state index in [2.05, 4.69) is 45.9 Å². The summed E-state index contributed by atoms with van der Waals surface area (Å²) in [5, 5.41) is 28.8. The fourth-order valence-corrected chi connectivity index (χ4v) is 3.46.